The van der Waals surface area contributed by atoms with Gasteiger partial charge in [0.2, 0.25) is 5.95 Å². The highest BCUT2D eigenvalue weighted by molar-refractivity contribution is 5.27. The van der Waals surface area contributed by atoms with Crippen LogP contribution in [0.2, 0.25) is 0 Å². The van der Waals surface area contributed by atoms with Crippen molar-refractivity contribution in [1.29, 1.82) is 0 Å². The lowest BCUT2D eigenvalue weighted by atomic mass is 9.98. The summed E-state index contributed by atoms with van der Waals surface area (Å²) in [4.78, 5) is 11.0. The Morgan fingerprint density at radius 2 is 2.09 bits per heavy atom. The summed E-state index contributed by atoms with van der Waals surface area (Å²) in [6.45, 7) is 4.34. The van der Waals surface area contributed by atoms with E-state index in [4.69, 9.17) is 4.74 Å². The number of hydrogen-bond donors (Lipinski definition) is 1. The summed E-state index contributed by atoms with van der Waals surface area (Å²) in [5.41, 5.74) is 2.24. The minimum Gasteiger partial charge on any atom is -0.373 e. The van der Waals surface area contributed by atoms with Crippen LogP contribution in [-0.4, -0.2) is 47.7 Å². The van der Waals surface area contributed by atoms with Crippen LogP contribution in [0.15, 0.2) is 42.6 Å². The molecule has 0 amide bonds. The van der Waals surface area contributed by atoms with Crippen molar-refractivity contribution < 1.29 is 4.74 Å². The molecule has 1 aliphatic heterocycles. The SMILES string of the molecule is Cc1ccnc(NC[C@@H]2OCCN(C)[C@H]2c2ccccc2)n1. The maximum atomic E-state index is 6.01. The molecule has 0 spiro atoms. The summed E-state index contributed by atoms with van der Waals surface area (Å²) in [6, 6.07) is 12.6. The van der Waals surface area contributed by atoms with Gasteiger partial charge in [0.1, 0.15) is 0 Å². The smallest absolute Gasteiger partial charge is 0.222 e. The first-order valence-electron chi connectivity index (χ1n) is 7.64. The largest absolute Gasteiger partial charge is 0.373 e. The molecule has 0 bridgehead atoms. The summed E-state index contributed by atoms with van der Waals surface area (Å²) < 4.78 is 6.01. The van der Waals surface area contributed by atoms with Gasteiger partial charge in [-0.05, 0) is 25.6 Å². The molecule has 1 saturated heterocycles. The van der Waals surface area contributed by atoms with Gasteiger partial charge in [-0.25, -0.2) is 9.97 Å². The van der Waals surface area contributed by atoms with Gasteiger partial charge in [0.25, 0.3) is 0 Å². The van der Waals surface area contributed by atoms with E-state index in [0.29, 0.717) is 12.5 Å². The van der Waals surface area contributed by atoms with E-state index in [1.165, 1.54) is 5.56 Å². The van der Waals surface area contributed by atoms with Gasteiger partial charge >= 0.3 is 0 Å². The van der Waals surface area contributed by atoms with Crippen molar-refractivity contribution in [3.05, 3.63) is 53.9 Å². The predicted octanol–water partition coefficient (Wildman–Crippen LogP) is 2.27. The number of rotatable bonds is 4. The fraction of sp³-hybridized carbons (Fsp3) is 0.412. The van der Waals surface area contributed by atoms with E-state index >= 15 is 0 Å². The lowest BCUT2D eigenvalue weighted by Crippen LogP contribution is -2.46. The molecule has 1 aliphatic rings. The molecule has 0 unspecified atom stereocenters. The van der Waals surface area contributed by atoms with E-state index in [-0.39, 0.29) is 12.1 Å². The average molecular weight is 298 g/mol. The molecule has 1 N–H and O–H groups in total. The zero-order valence-electron chi connectivity index (χ0n) is 13.1. The average Bonchev–Trinajstić information content (AvgIpc) is 2.54. The van der Waals surface area contributed by atoms with E-state index < -0.39 is 0 Å². The maximum Gasteiger partial charge on any atom is 0.222 e. The van der Waals surface area contributed by atoms with E-state index in [2.05, 4.69) is 51.5 Å². The Morgan fingerprint density at radius 1 is 1.27 bits per heavy atom. The molecule has 2 aromatic rings. The molecule has 0 aliphatic carbocycles. The Labute approximate surface area is 131 Å². The molecule has 2 atom stereocenters. The number of likely N-dealkylation sites (N-methyl/N-ethyl adjacent to an activating group) is 1. The third-order valence-corrected chi connectivity index (χ3v) is 4.00. The van der Waals surface area contributed by atoms with Gasteiger partial charge in [-0.2, -0.15) is 0 Å². The van der Waals surface area contributed by atoms with Crippen LogP contribution in [0.3, 0.4) is 0 Å². The van der Waals surface area contributed by atoms with Crippen molar-refractivity contribution in [2.45, 2.75) is 19.1 Å². The first-order valence-corrected chi connectivity index (χ1v) is 7.64. The third kappa shape index (κ3) is 3.43. The molecule has 3 rings (SSSR count). The minimum atomic E-state index is 0.0743. The third-order valence-electron chi connectivity index (χ3n) is 4.00. The van der Waals surface area contributed by atoms with Crippen molar-refractivity contribution in [2.24, 2.45) is 0 Å². The zero-order chi connectivity index (χ0) is 15.4. The van der Waals surface area contributed by atoms with E-state index in [9.17, 15) is 0 Å². The Morgan fingerprint density at radius 3 is 2.86 bits per heavy atom. The molecule has 5 nitrogen and oxygen atoms in total. The summed E-state index contributed by atoms with van der Waals surface area (Å²) in [7, 11) is 2.15. The Balaban J connectivity index is 1.72. The van der Waals surface area contributed by atoms with Crippen molar-refractivity contribution in [3.63, 3.8) is 0 Å². The van der Waals surface area contributed by atoms with Crippen LogP contribution in [0.5, 0.6) is 0 Å². The summed E-state index contributed by atoms with van der Waals surface area (Å²) in [5, 5.41) is 3.30. The Bertz CT molecular complexity index is 605. The second-order valence-corrected chi connectivity index (χ2v) is 5.65. The number of anilines is 1. The molecule has 0 saturated carbocycles. The molecule has 22 heavy (non-hydrogen) atoms. The van der Waals surface area contributed by atoms with Crippen LogP contribution in [0.1, 0.15) is 17.3 Å². The highest BCUT2D eigenvalue weighted by atomic mass is 16.5. The van der Waals surface area contributed by atoms with E-state index in [1.54, 1.807) is 6.20 Å². The molecule has 1 aromatic heterocycles. The highest BCUT2D eigenvalue weighted by Crippen LogP contribution is 2.28. The molecular formula is C17H22N4O. The van der Waals surface area contributed by atoms with Crippen molar-refractivity contribution in [2.75, 3.05) is 32.1 Å². The molecule has 1 fully saturated rings. The van der Waals surface area contributed by atoms with Gasteiger partial charge in [-0.15, -0.1) is 0 Å². The summed E-state index contributed by atoms with van der Waals surface area (Å²) >= 11 is 0. The number of morpholine rings is 1. The van der Waals surface area contributed by atoms with Crippen molar-refractivity contribution in [3.8, 4) is 0 Å². The maximum absolute atomic E-state index is 6.01. The molecule has 0 radical (unpaired) electrons. The fourth-order valence-corrected chi connectivity index (χ4v) is 2.88. The number of aryl methyl sites for hydroxylation is 1. The Hall–Kier alpha value is -1.98. The standard InChI is InChI=1S/C17H22N4O/c1-13-8-9-18-17(20-13)19-12-15-16(21(2)10-11-22-15)14-6-4-3-5-7-14/h3-9,15-16H,10-12H2,1-2H3,(H,18,19,20)/t15-,16-/m0/s1. The topological polar surface area (TPSA) is 50.3 Å². The Kier molecular flexibility index (Phi) is 4.65. The number of hydrogen-bond acceptors (Lipinski definition) is 5. The van der Waals surface area contributed by atoms with Gasteiger partial charge in [-0.3, -0.25) is 4.90 Å². The second kappa shape index (κ2) is 6.85. The lowest BCUT2D eigenvalue weighted by Gasteiger charge is -2.39. The van der Waals surface area contributed by atoms with Crippen LogP contribution in [0.4, 0.5) is 5.95 Å². The summed E-state index contributed by atoms with van der Waals surface area (Å²) in [5.74, 6) is 0.656. The molecule has 5 heteroatoms. The van der Waals surface area contributed by atoms with Gasteiger partial charge in [0.05, 0.1) is 18.8 Å². The first kappa shape index (κ1) is 14.9. The lowest BCUT2D eigenvalue weighted by molar-refractivity contribution is -0.0557. The highest BCUT2D eigenvalue weighted by Gasteiger charge is 2.31. The quantitative estimate of drug-likeness (QED) is 0.938. The van der Waals surface area contributed by atoms with Gasteiger partial charge in [-0.1, -0.05) is 30.3 Å². The van der Waals surface area contributed by atoms with E-state index in [0.717, 1.165) is 18.8 Å². The van der Waals surface area contributed by atoms with Crippen LogP contribution in [0.25, 0.3) is 0 Å². The monoisotopic (exact) mass is 298 g/mol. The van der Waals surface area contributed by atoms with Crippen molar-refractivity contribution >= 4 is 5.95 Å². The summed E-state index contributed by atoms with van der Waals surface area (Å²) in [6.07, 6.45) is 1.85. The number of aromatic nitrogens is 2. The normalized spacial score (nSPS) is 22.5. The predicted molar refractivity (Wildman–Crippen MR) is 86.8 cm³/mol. The minimum absolute atomic E-state index is 0.0743. The van der Waals surface area contributed by atoms with E-state index in [1.807, 2.05) is 19.1 Å². The molecular weight excluding hydrogens is 276 g/mol. The fourth-order valence-electron chi connectivity index (χ4n) is 2.88. The van der Waals surface area contributed by atoms with Gasteiger partial charge in [0, 0.05) is 25.0 Å². The zero-order valence-corrected chi connectivity index (χ0v) is 13.1. The van der Waals surface area contributed by atoms with Gasteiger partial charge < -0.3 is 10.1 Å². The van der Waals surface area contributed by atoms with Crippen LogP contribution < -0.4 is 5.32 Å². The van der Waals surface area contributed by atoms with Gasteiger partial charge in [0.15, 0.2) is 0 Å². The molecule has 2 heterocycles. The van der Waals surface area contributed by atoms with Crippen LogP contribution in [0, 0.1) is 6.92 Å². The molecule has 116 valence electrons. The second-order valence-electron chi connectivity index (χ2n) is 5.65. The van der Waals surface area contributed by atoms with Crippen molar-refractivity contribution in [1.82, 2.24) is 14.9 Å². The number of ether oxygens (including phenoxy) is 1. The first-order chi connectivity index (χ1) is 10.7. The van der Waals surface area contributed by atoms with Crippen LogP contribution >= 0.6 is 0 Å². The molecule has 1 aromatic carbocycles. The number of benzene rings is 1. The number of nitrogens with zero attached hydrogens (tertiary/aromatic N) is 3. The van der Waals surface area contributed by atoms with Crippen LogP contribution in [-0.2, 0) is 4.74 Å². The number of nitrogens with one attached hydrogen (secondary N) is 1.